The number of aromatic carboxylic acids is 1. The van der Waals surface area contributed by atoms with Gasteiger partial charge in [-0.3, -0.25) is 0 Å². The molecule has 0 saturated carbocycles. The minimum absolute atomic E-state index is 0.0956. The summed E-state index contributed by atoms with van der Waals surface area (Å²) in [7, 11) is 3.07. The molecule has 0 fully saturated rings. The van der Waals surface area contributed by atoms with Crippen molar-refractivity contribution in [3.05, 3.63) is 41.2 Å². The molecule has 1 N–H and O–H groups in total. The number of para-hydroxylation sites is 1. The van der Waals surface area contributed by atoms with E-state index >= 15 is 0 Å². The SMILES string of the molecule is COCc1c(C(=O)O)nnn1Cc1ccccc1OC. The molecule has 1 heterocycles. The van der Waals surface area contributed by atoms with E-state index in [1.807, 2.05) is 24.3 Å². The van der Waals surface area contributed by atoms with Gasteiger partial charge in [0, 0.05) is 12.7 Å². The number of aromatic nitrogens is 3. The number of benzene rings is 1. The zero-order valence-corrected chi connectivity index (χ0v) is 11.2. The standard InChI is InChI=1S/C13H15N3O4/c1-19-8-10-12(13(17)18)14-15-16(10)7-9-5-3-4-6-11(9)20-2/h3-6H,7-8H2,1-2H3,(H,17,18). The molecule has 1 aromatic heterocycles. The largest absolute Gasteiger partial charge is 0.496 e. The molecule has 0 unspecified atom stereocenters. The highest BCUT2D eigenvalue weighted by molar-refractivity contribution is 5.86. The van der Waals surface area contributed by atoms with E-state index in [0.29, 0.717) is 18.0 Å². The van der Waals surface area contributed by atoms with E-state index in [1.165, 1.54) is 11.8 Å². The van der Waals surface area contributed by atoms with E-state index < -0.39 is 5.97 Å². The lowest BCUT2D eigenvalue weighted by atomic mass is 10.2. The van der Waals surface area contributed by atoms with Crippen LogP contribution in [0.3, 0.4) is 0 Å². The number of ether oxygens (including phenoxy) is 2. The third-order valence-electron chi connectivity index (χ3n) is 2.83. The lowest BCUT2D eigenvalue weighted by molar-refractivity contribution is 0.0684. The Morgan fingerprint density at radius 1 is 1.35 bits per heavy atom. The molecular weight excluding hydrogens is 262 g/mol. The average molecular weight is 277 g/mol. The van der Waals surface area contributed by atoms with Crippen LogP contribution in [0.1, 0.15) is 21.7 Å². The molecule has 20 heavy (non-hydrogen) atoms. The summed E-state index contributed by atoms with van der Waals surface area (Å²) < 4.78 is 11.8. The predicted octanol–water partition coefficient (Wildman–Crippen LogP) is 1.18. The first-order valence-electron chi connectivity index (χ1n) is 5.93. The van der Waals surface area contributed by atoms with Gasteiger partial charge < -0.3 is 14.6 Å². The first-order valence-corrected chi connectivity index (χ1v) is 5.93. The number of hydrogen-bond donors (Lipinski definition) is 1. The first kappa shape index (κ1) is 14.0. The Hall–Kier alpha value is -2.41. The fourth-order valence-corrected chi connectivity index (χ4v) is 1.90. The number of hydrogen-bond acceptors (Lipinski definition) is 5. The second-order valence-electron chi connectivity index (χ2n) is 4.09. The van der Waals surface area contributed by atoms with Crippen molar-refractivity contribution >= 4 is 5.97 Å². The van der Waals surface area contributed by atoms with Gasteiger partial charge in [-0.05, 0) is 6.07 Å². The van der Waals surface area contributed by atoms with E-state index in [-0.39, 0.29) is 12.3 Å². The number of rotatable bonds is 6. The smallest absolute Gasteiger partial charge is 0.358 e. The van der Waals surface area contributed by atoms with E-state index in [4.69, 9.17) is 14.6 Å². The van der Waals surface area contributed by atoms with Crippen molar-refractivity contribution in [1.82, 2.24) is 15.0 Å². The maximum Gasteiger partial charge on any atom is 0.358 e. The Bertz CT molecular complexity index is 609. The van der Waals surface area contributed by atoms with Crippen LogP contribution in [0.4, 0.5) is 0 Å². The summed E-state index contributed by atoms with van der Waals surface area (Å²) in [5.74, 6) is -0.411. The topological polar surface area (TPSA) is 86.5 Å². The van der Waals surface area contributed by atoms with Gasteiger partial charge in [0.2, 0.25) is 0 Å². The van der Waals surface area contributed by atoms with Gasteiger partial charge in [0.05, 0.1) is 26.0 Å². The second kappa shape index (κ2) is 6.16. The number of carboxylic acids is 1. The van der Waals surface area contributed by atoms with E-state index in [0.717, 1.165) is 5.56 Å². The summed E-state index contributed by atoms with van der Waals surface area (Å²) in [5.41, 5.74) is 1.21. The molecule has 0 spiro atoms. The van der Waals surface area contributed by atoms with E-state index in [2.05, 4.69) is 10.3 Å². The number of methoxy groups -OCH3 is 2. The average Bonchev–Trinajstić information content (AvgIpc) is 2.83. The molecule has 2 rings (SSSR count). The Morgan fingerprint density at radius 3 is 2.75 bits per heavy atom. The van der Waals surface area contributed by atoms with Gasteiger partial charge in [0.15, 0.2) is 5.69 Å². The molecule has 0 bridgehead atoms. The summed E-state index contributed by atoms with van der Waals surface area (Å²) in [4.78, 5) is 11.1. The normalized spacial score (nSPS) is 10.5. The van der Waals surface area contributed by atoms with Crippen molar-refractivity contribution < 1.29 is 19.4 Å². The Kier molecular flexibility index (Phi) is 4.31. The predicted molar refractivity (Wildman–Crippen MR) is 69.8 cm³/mol. The molecule has 0 atom stereocenters. The van der Waals surface area contributed by atoms with Crippen molar-refractivity contribution in [3.63, 3.8) is 0 Å². The summed E-state index contributed by atoms with van der Waals surface area (Å²) in [6, 6.07) is 7.46. The molecule has 106 valence electrons. The van der Waals surface area contributed by atoms with Gasteiger partial charge in [-0.25, -0.2) is 9.48 Å². The van der Waals surface area contributed by atoms with Gasteiger partial charge in [-0.15, -0.1) is 5.10 Å². The van der Waals surface area contributed by atoms with Crippen LogP contribution in [0.2, 0.25) is 0 Å². The molecule has 7 nitrogen and oxygen atoms in total. The van der Waals surface area contributed by atoms with Crippen LogP contribution in [0, 0.1) is 0 Å². The highest BCUT2D eigenvalue weighted by atomic mass is 16.5. The highest BCUT2D eigenvalue weighted by Gasteiger charge is 2.19. The van der Waals surface area contributed by atoms with Crippen molar-refractivity contribution in [2.45, 2.75) is 13.2 Å². The van der Waals surface area contributed by atoms with Crippen LogP contribution >= 0.6 is 0 Å². The fraction of sp³-hybridized carbons (Fsp3) is 0.308. The van der Waals surface area contributed by atoms with Crippen LogP contribution in [-0.4, -0.2) is 40.3 Å². The zero-order chi connectivity index (χ0) is 14.5. The van der Waals surface area contributed by atoms with E-state index in [9.17, 15) is 4.79 Å². The lowest BCUT2D eigenvalue weighted by Crippen LogP contribution is -2.10. The van der Waals surface area contributed by atoms with Crippen molar-refractivity contribution in [2.24, 2.45) is 0 Å². The lowest BCUT2D eigenvalue weighted by Gasteiger charge is -2.10. The van der Waals surface area contributed by atoms with Crippen molar-refractivity contribution in [2.75, 3.05) is 14.2 Å². The molecule has 1 aromatic carbocycles. The molecule has 0 radical (unpaired) electrons. The van der Waals surface area contributed by atoms with Crippen LogP contribution in [0.15, 0.2) is 24.3 Å². The summed E-state index contributed by atoms with van der Waals surface area (Å²) >= 11 is 0. The molecular formula is C13H15N3O4. The number of carboxylic acid groups (broad SMARTS) is 1. The molecule has 0 amide bonds. The summed E-state index contributed by atoms with van der Waals surface area (Å²) in [5, 5.41) is 16.6. The molecule has 2 aromatic rings. The summed E-state index contributed by atoms with van der Waals surface area (Å²) in [6.45, 7) is 0.493. The summed E-state index contributed by atoms with van der Waals surface area (Å²) in [6.07, 6.45) is 0. The molecule has 0 aliphatic rings. The maximum atomic E-state index is 11.1. The third kappa shape index (κ3) is 2.77. The van der Waals surface area contributed by atoms with Crippen LogP contribution in [-0.2, 0) is 17.9 Å². The van der Waals surface area contributed by atoms with Gasteiger partial charge in [-0.1, -0.05) is 23.4 Å². The van der Waals surface area contributed by atoms with Crippen LogP contribution in [0.5, 0.6) is 5.75 Å². The zero-order valence-electron chi connectivity index (χ0n) is 11.2. The van der Waals surface area contributed by atoms with Crippen molar-refractivity contribution in [3.8, 4) is 5.75 Å². The number of nitrogens with zero attached hydrogens (tertiary/aromatic N) is 3. The molecule has 7 heteroatoms. The minimum atomic E-state index is -1.12. The fourth-order valence-electron chi connectivity index (χ4n) is 1.90. The van der Waals surface area contributed by atoms with E-state index in [1.54, 1.807) is 7.11 Å². The Labute approximate surface area is 115 Å². The van der Waals surface area contributed by atoms with Gasteiger partial charge in [0.25, 0.3) is 0 Å². The maximum absolute atomic E-state index is 11.1. The monoisotopic (exact) mass is 277 g/mol. The van der Waals surface area contributed by atoms with Gasteiger partial charge >= 0.3 is 5.97 Å². The highest BCUT2D eigenvalue weighted by Crippen LogP contribution is 2.19. The molecule has 0 aliphatic carbocycles. The van der Waals surface area contributed by atoms with Crippen LogP contribution < -0.4 is 4.74 Å². The van der Waals surface area contributed by atoms with Gasteiger partial charge in [-0.2, -0.15) is 0 Å². The van der Waals surface area contributed by atoms with Crippen LogP contribution in [0.25, 0.3) is 0 Å². The van der Waals surface area contributed by atoms with Gasteiger partial charge in [0.1, 0.15) is 5.75 Å². The number of carbonyl (C=O) groups is 1. The Balaban J connectivity index is 2.36. The third-order valence-corrected chi connectivity index (χ3v) is 2.83. The molecule has 0 aliphatic heterocycles. The quantitative estimate of drug-likeness (QED) is 0.853. The first-order chi connectivity index (χ1) is 9.67. The second-order valence-corrected chi connectivity index (χ2v) is 4.09. The Morgan fingerprint density at radius 2 is 2.10 bits per heavy atom. The van der Waals surface area contributed by atoms with Crippen molar-refractivity contribution in [1.29, 1.82) is 0 Å². The minimum Gasteiger partial charge on any atom is -0.496 e. The molecule has 0 saturated heterocycles.